The average molecular weight is 434 g/mol. The van der Waals surface area contributed by atoms with Crippen LogP contribution in [0.2, 0.25) is 0 Å². The van der Waals surface area contributed by atoms with Crippen LogP contribution in [0.4, 0.5) is 0 Å². The lowest BCUT2D eigenvalue weighted by molar-refractivity contribution is -0.245. The molecule has 0 radical (unpaired) electrons. The van der Waals surface area contributed by atoms with Crippen molar-refractivity contribution in [2.75, 3.05) is 13.2 Å². The van der Waals surface area contributed by atoms with E-state index in [0.29, 0.717) is 0 Å². The maximum Gasteiger partial charge on any atom is 0.304 e. The van der Waals surface area contributed by atoms with Gasteiger partial charge in [0.2, 0.25) is 5.72 Å². The van der Waals surface area contributed by atoms with Crippen LogP contribution in [-0.4, -0.2) is 71.8 Å². The normalized spacial score (nSPS) is 27.5. The molecular weight excluding hydrogens is 412 g/mol. The van der Waals surface area contributed by atoms with Gasteiger partial charge in [0.05, 0.1) is 17.7 Å². The van der Waals surface area contributed by atoms with E-state index >= 15 is 0 Å². The van der Waals surface area contributed by atoms with Crippen LogP contribution in [0, 0.1) is 0 Å². The van der Waals surface area contributed by atoms with Crippen LogP contribution in [0.15, 0.2) is 24.3 Å². The topological polar surface area (TPSA) is 152 Å². The van der Waals surface area contributed by atoms with E-state index in [1.165, 1.54) is 19.1 Å². The number of amides is 2. The Balaban J connectivity index is 2.03. The number of carbonyl (C=O) groups is 5. The lowest BCUT2D eigenvalue weighted by atomic mass is 9.90. The molecule has 1 fully saturated rings. The van der Waals surface area contributed by atoms with Gasteiger partial charge in [0, 0.05) is 20.8 Å². The van der Waals surface area contributed by atoms with E-state index in [1.54, 1.807) is 12.1 Å². The first-order chi connectivity index (χ1) is 14.6. The summed E-state index contributed by atoms with van der Waals surface area (Å²) in [5.41, 5.74) is 4.60. The standard InChI is InChI=1S/C20H22N2O9/c1-10(23)28-8-15-17(30-11(2)24)20(21,31-12(3)25)16(9-29-15)22-18(26)13-6-4-5-7-14(13)19(22)27/h4-7,15-17H,8-9,21H2,1-3H3/t15-,16-,17-,20+/m1/s1. The van der Waals surface area contributed by atoms with Crippen molar-refractivity contribution in [3.8, 4) is 0 Å². The van der Waals surface area contributed by atoms with Crippen molar-refractivity contribution in [3.63, 3.8) is 0 Å². The Morgan fingerprint density at radius 3 is 2.13 bits per heavy atom. The Morgan fingerprint density at radius 2 is 1.65 bits per heavy atom. The molecule has 1 aromatic rings. The first-order valence-electron chi connectivity index (χ1n) is 9.43. The van der Waals surface area contributed by atoms with Crippen molar-refractivity contribution >= 4 is 29.7 Å². The highest BCUT2D eigenvalue weighted by molar-refractivity contribution is 6.21. The molecule has 31 heavy (non-hydrogen) atoms. The number of fused-ring (bicyclic) bond motifs is 1. The zero-order valence-corrected chi connectivity index (χ0v) is 17.2. The van der Waals surface area contributed by atoms with E-state index in [9.17, 15) is 24.0 Å². The molecule has 0 unspecified atom stereocenters. The number of nitrogens with two attached hydrogens (primary N) is 1. The minimum absolute atomic E-state index is 0.156. The van der Waals surface area contributed by atoms with Crippen molar-refractivity contribution < 1.29 is 42.9 Å². The molecule has 2 aliphatic rings. The molecule has 1 aromatic carbocycles. The van der Waals surface area contributed by atoms with Crippen LogP contribution in [0.5, 0.6) is 0 Å². The van der Waals surface area contributed by atoms with E-state index in [2.05, 4.69) is 0 Å². The quantitative estimate of drug-likeness (QED) is 0.284. The Bertz CT molecular complexity index is 911. The minimum atomic E-state index is -2.16. The van der Waals surface area contributed by atoms with E-state index in [1.807, 2.05) is 0 Å². The van der Waals surface area contributed by atoms with Crippen molar-refractivity contribution in [2.24, 2.45) is 5.73 Å². The number of esters is 3. The predicted octanol–water partition coefficient (Wildman–Crippen LogP) is -0.237. The Hall–Kier alpha value is -3.31. The molecule has 4 atom stereocenters. The first kappa shape index (κ1) is 22.4. The zero-order valence-electron chi connectivity index (χ0n) is 17.2. The number of carbonyl (C=O) groups excluding carboxylic acids is 5. The van der Waals surface area contributed by atoms with Crippen molar-refractivity contribution in [1.82, 2.24) is 4.90 Å². The molecule has 11 nitrogen and oxygen atoms in total. The number of rotatable bonds is 5. The Kier molecular flexibility index (Phi) is 6.09. The summed E-state index contributed by atoms with van der Waals surface area (Å²) in [5, 5.41) is 0. The molecule has 11 heteroatoms. The summed E-state index contributed by atoms with van der Waals surface area (Å²) in [6, 6.07) is 4.85. The van der Waals surface area contributed by atoms with Gasteiger partial charge in [-0.25, -0.2) is 0 Å². The van der Waals surface area contributed by atoms with Gasteiger partial charge in [-0.05, 0) is 12.1 Å². The minimum Gasteiger partial charge on any atom is -0.463 e. The van der Waals surface area contributed by atoms with Crippen LogP contribution in [0.25, 0.3) is 0 Å². The number of benzene rings is 1. The van der Waals surface area contributed by atoms with E-state index < -0.39 is 53.7 Å². The summed E-state index contributed by atoms with van der Waals surface area (Å²) in [6.45, 7) is 2.65. The van der Waals surface area contributed by atoms with Gasteiger partial charge in [0.1, 0.15) is 18.8 Å². The molecule has 2 heterocycles. The zero-order chi connectivity index (χ0) is 22.9. The maximum atomic E-state index is 13.0. The molecule has 2 aliphatic heterocycles. The van der Waals surface area contributed by atoms with Crippen LogP contribution in [0.1, 0.15) is 41.5 Å². The molecule has 2 N–H and O–H groups in total. The molecule has 0 saturated carbocycles. The highest BCUT2D eigenvalue weighted by Gasteiger charge is 2.60. The highest BCUT2D eigenvalue weighted by Crippen LogP contribution is 2.35. The van der Waals surface area contributed by atoms with Crippen molar-refractivity contribution in [2.45, 2.75) is 44.7 Å². The van der Waals surface area contributed by atoms with Gasteiger partial charge in [-0.15, -0.1) is 0 Å². The largest absolute Gasteiger partial charge is 0.463 e. The van der Waals surface area contributed by atoms with Gasteiger partial charge in [-0.2, -0.15) is 0 Å². The highest BCUT2D eigenvalue weighted by atomic mass is 16.6. The van der Waals surface area contributed by atoms with Crippen molar-refractivity contribution in [3.05, 3.63) is 35.4 Å². The van der Waals surface area contributed by atoms with E-state index in [0.717, 1.165) is 18.7 Å². The number of ether oxygens (including phenoxy) is 4. The third-order valence-corrected chi connectivity index (χ3v) is 4.97. The third-order valence-electron chi connectivity index (χ3n) is 4.97. The number of nitrogens with zero attached hydrogens (tertiary/aromatic N) is 1. The molecular formula is C20H22N2O9. The average Bonchev–Trinajstić information content (AvgIpc) is 2.92. The van der Waals surface area contributed by atoms with Crippen LogP contribution >= 0.6 is 0 Å². The summed E-state index contributed by atoms with van der Waals surface area (Å²) < 4.78 is 21.2. The molecule has 166 valence electrons. The number of hydrogen-bond acceptors (Lipinski definition) is 10. The van der Waals surface area contributed by atoms with Gasteiger partial charge in [-0.1, -0.05) is 12.1 Å². The fraction of sp³-hybridized carbons (Fsp3) is 0.450. The molecule has 0 aliphatic carbocycles. The van der Waals surface area contributed by atoms with Gasteiger partial charge in [0.25, 0.3) is 11.8 Å². The number of imide groups is 1. The Labute approximate surface area is 177 Å². The first-order valence-corrected chi connectivity index (χ1v) is 9.43. The SMILES string of the molecule is CC(=O)OC[C@H]1OC[C@@H](N2C(=O)c3ccccc3C2=O)[C@](N)(OC(C)=O)[C@@H]1OC(C)=O. The van der Waals surface area contributed by atoms with Crippen LogP contribution in [0.3, 0.4) is 0 Å². The second kappa shape index (κ2) is 8.44. The summed E-state index contributed by atoms with van der Waals surface area (Å²) in [4.78, 5) is 61.7. The third kappa shape index (κ3) is 4.14. The second-order valence-corrected chi connectivity index (χ2v) is 7.19. The van der Waals surface area contributed by atoms with Gasteiger partial charge < -0.3 is 18.9 Å². The second-order valence-electron chi connectivity index (χ2n) is 7.19. The lowest BCUT2D eigenvalue weighted by Crippen LogP contribution is -2.75. The summed E-state index contributed by atoms with van der Waals surface area (Å²) in [7, 11) is 0. The fourth-order valence-electron chi connectivity index (χ4n) is 3.74. The predicted molar refractivity (Wildman–Crippen MR) is 101 cm³/mol. The van der Waals surface area contributed by atoms with E-state index in [4.69, 9.17) is 24.7 Å². The maximum absolute atomic E-state index is 13.0. The van der Waals surface area contributed by atoms with Crippen LogP contribution in [-0.2, 0) is 33.3 Å². The fourth-order valence-corrected chi connectivity index (χ4v) is 3.74. The summed E-state index contributed by atoms with van der Waals surface area (Å²) in [6.07, 6.45) is -2.58. The van der Waals surface area contributed by atoms with E-state index in [-0.39, 0.29) is 24.3 Å². The smallest absolute Gasteiger partial charge is 0.304 e. The lowest BCUT2D eigenvalue weighted by Gasteiger charge is -2.49. The van der Waals surface area contributed by atoms with Crippen molar-refractivity contribution in [1.29, 1.82) is 0 Å². The molecule has 1 saturated heterocycles. The van der Waals surface area contributed by atoms with Crippen LogP contribution < -0.4 is 5.73 Å². The monoisotopic (exact) mass is 434 g/mol. The summed E-state index contributed by atoms with van der Waals surface area (Å²) >= 11 is 0. The van der Waals surface area contributed by atoms with Gasteiger partial charge in [0.15, 0.2) is 6.10 Å². The molecule has 2 amide bonds. The molecule has 0 aromatic heterocycles. The van der Waals surface area contributed by atoms with Gasteiger partial charge in [-0.3, -0.25) is 34.6 Å². The van der Waals surface area contributed by atoms with Gasteiger partial charge >= 0.3 is 17.9 Å². The Morgan fingerprint density at radius 1 is 1.06 bits per heavy atom. The molecule has 3 rings (SSSR count). The summed E-state index contributed by atoms with van der Waals surface area (Å²) in [5.74, 6) is -3.56. The number of hydrogen-bond donors (Lipinski definition) is 1. The molecule has 0 bridgehead atoms. The molecule has 0 spiro atoms.